The number of anilines is 2. The molecule has 0 atom stereocenters. The van der Waals surface area contributed by atoms with Crippen LogP contribution in [0, 0.1) is 6.92 Å². The maximum Gasteiger partial charge on any atom is 0.226 e. The zero-order chi connectivity index (χ0) is 15.1. The largest absolute Gasteiger partial charge is 0.397 e. The molecule has 0 radical (unpaired) electrons. The minimum atomic E-state index is -0.0955. The lowest BCUT2D eigenvalue weighted by Gasteiger charge is -2.08. The predicted octanol–water partition coefficient (Wildman–Crippen LogP) is 2.62. The molecule has 0 saturated heterocycles. The average molecular weight is 305 g/mol. The van der Waals surface area contributed by atoms with Gasteiger partial charge in [0.15, 0.2) is 0 Å². The molecule has 2 rings (SSSR count). The van der Waals surface area contributed by atoms with E-state index in [1.54, 1.807) is 23.5 Å². The van der Waals surface area contributed by atoms with Crippen molar-refractivity contribution >= 4 is 28.6 Å². The molecule has 0 aliphatic carbocycles. The van der Waals surface area contributed by atoms with Gasteiger partial charge in [-0.1, -0.05) is 12.1 Å². The van der Waals surface area contributed by atoms with Crippen LogP contribution >= 0.6 is 11.3 Å². The number of aromatic nitrogens is 1. The van der Waals surface area contributed by atoms with E-state index in [4.69, 9.17) is 10.5 Å². The summed E-state index contributed by atoms with van der Waals surface area (Å²) in [6, 6.07) is 7.19. The molecule has 112 valence electrons. The molecule has 1 aromatic carbocycles. The molecule has 21 heavy (non-hydrogen) atoms. The van der Waals surface area contributed by atoms with Crippen LogP contribution in [0.2, 0.25) is 0 Å². The normalized spacial score (nSPS) is 10.5. The quantitative estimate of drug-likeness (QED) is 0.609. The first-order chi connectivity index (χ1) is 10.2. The monoisotopic (exact) mass is 305 g/mol. The number of nitrogen functional groups attached to an aromatic ring is 1. The van der Waals surface area contributed by atoms with Crippen LogP contribution in [0.5, 0.6) is 0 Å². The van der Waals surface area contributed by atoms with Gasteiger partial charge in [0.05, 0.1) is 42.2 Å². The van der Waals surface area contributed by atoms with Crippen molar-refractivity contribution < 1.29 is 9.53 Å². The van der Waals surface area contributed by atoms with Gasteiger partial charge in [0.2, 0.25) is 5.91 Å². The van der Waals surface area contributed by atoms with Crippen molar-refractivity contribution in [1.29, 1.82) is 0 Å². The van der Waals surface area contributed by atoms with E-state index < -0.39 is 0 Å². The van der Waals surface area contributed by atoms with E-state index in [0.717, 1.165) is 12.1 Å². The molecule has 1 heterocycles. The summed E-state index contributed by atoms with van der Waals surface area (Å²) in [5.41, 5.74) is 9.86. The lowest BCUT2D eigenvalue weighted by atomic mass is 10.2. The van der Waals surface area contributed by atoms with Crippen LogP contribution in [-0.4, -0.2) is 24.1 Å². The van der Waals surface area contributed by atoms with Crippen molar-refractivity contribution in [2.45, 2.75) is 19.8 Å². The second-order valence-electron chi connectivity index (χ2n) is 4.61. The molecule has 2 aromatic rings. The van der Waals surface area contributed by atoms with E-state index in [1.165, 1.54) is 4.88 Å². The Kier molecular flexibility index (Phi) is 5.71. The number of hydrogen-bond donors (Lipinski definition) is 2. The van der Waals surface area contributed by atoms with E-state index in [1.807, 2.05) is 24.6 Å². The number of ether oxygens (including phenoxy) is 1. The predicted molar refractivity (Wildman–Crippen MR) is 85.5 cm³/mol. The highest BCUT2D eigenvalue weighted by Crippen LogP contribution is 2.16. The van der Waals surface area contributed by atoms with Crippen molar-refractivity contribution in [3.05, 3.63) is 40.3 Å². The number of rotatable bonds is 7. The third-order valence-electron chi connectivity index (χ3n) is 3.03. The third kappa shape index (κ3) is 4.84. The number of carbonyl (C=O) groups excluding carboxylic acids is 1. The number of benzene rings is 1. The fourth-order valence-electron chi connectivity index (χ4n) is 1.82. The zero-order valence-electron chi connectivity index (χ0n) is 12.0. The summed E-state index contributed by atoms with van der Waals surface area (Å²) in [4.78, 5) is 17.2. The van der Waals surface area contributed by atoms with Crippen LogP contribution in [0.15, 0.2) is 29.8 Å². The molecule has 1 aromatic heterocycles. The fourth-order valence-corrected chi connectivity index (χ4v) is 2.58. The maximum atomic E-state index is 11.8. The van der Waals surface area contributed by atoms with Gasteiger partial charge in [-0.25, -0.2) is 4.98 Å². The topological polar surface area (TPSA) is 77.2 Å². The first kappa shape index (κ1) is 15.5. The Bertz CT molecular complexity index is 598. The minimum Gasteiger partial charge on any atom is -0.397 e. The number of thiazole rings is 1. The first-order valence-electron chi connectivity index (χ1n) is 6.78. The molecule has 0 fully saturated rings. The number of aryl methyl sites for hydroxylation is 1. The van der Waals surface area contributed by atoms with E-state index >= 15 is 0 Å². The molecule has 0 bridgehead atoms. The number of hydrogen-bond acceptors (Lipinski definition) is 5. The van der Waals surface area contributed by atoms with Gasteiger partial charge < -0.3 is 15.8 Å². The lowest BCUT2D eigenvalue weighted by Crippen LogP contribution is -2.15. The average Bonchev–Trinajstić information content (AvgIpc) is 2.87. The van der Waals surface area contributed by atoms with Crippen LogP contribution in [0.1, 0.15) is 17.0 Å². The Morgan fingerprint density at radius 2 is 2.19 bits per heavy atom. The van der Waals surface area contributed by atoms with Gasteiger partial charge in [-0.3, -0.25) is 4.79 Å². The molecule has 0 unspecified atom stereocenters. The second kappa shape index (κ2) is 7.75. The van der Waals surface area contributed by atoms with E-state index in [0.29, 0.717) is 31.0 Å². The maximum absolute atomic E-state index is 11.8. The molecule has 6 heteroatoms. The summed E-state index contributed by atoms with van der Waals surface area (Å²) in [6.45, 7) is 2.99. The molecule has 1 amide bonds. The van der Waals surface area contributed by atoms with Crippen molar-refractivity contribution in [2.75, 3.05) is 24.3 Å². The zero-order valence-corrected chi connectivity index (χ0v) is 12.8. The first-order valence-corrected chi connectivity index (χ1v) is 7.66. The Morgan fingerprint density at radius 3 is 2.90 bits per heavy atom. The molecule has 0 spiro atoms. The molecule has 3 N–H and O–H groups in total. The van der Waals surface area contributed by atoms with Crippen molar-refractivity contribution in [3.8, 4) is 0 Å². The third-order valence-corrected chi connectivity index (χ3v) is 4.02. The summed E-state index contributed by atoms with van der Waals surface area (Å²) < 4.78 is 5.49. The lowest BCUT2D eigenvalue weighted by molar-refractivity contribution is -0.117. The molecule has 5 nitrogen and oxygen atoms in total. The molecular formula is C15H19N3O2S. The van der Waals surface area contributed by atoms with Crippen LogP contribution in [0.3, 0.4) is 0 Å². The molecular weight excluding hydrogens is 286 g/mol. The minimum absolute atomic E-state index is 0.0955. The Hall–Kier alpha value is -1.92. The summed E-state index contributed by atoms with van der Waals surface area (Å²) in [5, 5.41) is 2.77. The van der Waals surface area contributed by atoms with Gasteiger partial charge in [-0.05, 0) is 19.1 Å². The summed E-state index contributed by atoms with van der Waals surface area (Å²) in [7, 11) is 0. The van der Waals surface area contributed by atoms with Gasteiger partial charge >= 0.3 is 0 Å². The summed E-state index contributed by atoms with van der Waals surface area (Å²) >= 11 is 1.63. The smallest absolute Gasteiger partial charge is 0.226 e. The Morgan fingerprint density at radius 1 is 1.38 bits per heavy atom. The number of nitrogens with one attached hydrogen (secondary N) is 1. The van der Waals surface area contributed by atoms with Gasteiger partial charge in [-0.15, -0.1) is 11.3 Å². The highest BCUT2D eigenvalue weighted by Gasteiger charge is 2.05. The molecule has 0 saturated carbocycles. The van der Waals surface area contributed by atoms with E-state index in [-0.39, 0.29) is 5.91 Å². The van der Waals surface area contributed by atoms with Gasteiger partial charge in [0.25, 0.3) is 0 Å². The van der Waals surface area contributed by atoms with Gasteiger partial charge in [0, 0.05) is 11.3 Å². The Balaban J connectivity index is 1.64. The number of nitrogens with zero attached hydrogens (tertiary/aromatic N) is 1. The van der Waals surface area contributed by atoms with Crippen molar-refractivity contribution in [1.82, 2.24) is 4.98 Å². The SMILES string of the molecule is Cc1ncsc1CCOCCC(=O)Nc1ccccc1N. The highest BCUT2D eigenvalue weighted by molar-refractivity contribution is 7.09. The highest BCUT2D eigenvalue weighted by atomic mass is 32.1. The standard InChI is InChI=1S/C15H19N3O2S/c1-11-14(21-10-17-11)6-8-20-9-7-15(19)18-13-5-3-2-4-12(13)16/h2-5,10H,6-9,16H2,1H3,(H,18,19). The fraction of sp³-hybridized carbons (Fsp3) is 0.333. The number of para-hydroxylation sites is 2. The van der Waals surface area contributed by atoms with Crippen LogP contribution in [0.25, 0.3) is 0 Å². The van der Waals surface area contributed by atoms with Crippen molar-refractivity contribution in [2.24, 2.45) is 0 Å². The van der Waals surface area contributed by atoms with Crippen molar-refractivity contribution in [3.63, 3.8) is 0 Å². The number of nitrogens with two attached hydrogens (primary N) is 1. The van der Waals surface area contributed by atoms with Gasteiger partial charge in [-0.2, -0.15) is 0 Å². The summed E-state index contributed by atoms with van der Waals surface area (Å²) in [6.07, 6.45) is 1.15. The van der Waals surface area contributed by atoms with Crippen LogP contribution < -0.4 is 11.1 Å². The molecule has 0 aliphatic heterocycles. The number of carbonyl (C=O) groups is 1. The van der Waals surface area contributed by atoms with Crippen LogP contribution in [0.4, 0.5) is 11.4 Å². The van der Waals surface area contributed by atoms with Gasteiger partial charge in [0.1, 0.15) is 0 Å². The Labute approximate surface area is 128 Å². The van der Waals surface area contributed by atoms with Crippen LogP contribution in [-0.2, 0) is 16.0 Å². The molecule has 0 aliphatic rings. The number of amides is 1. The summed E-state index contributed by atoms with van der Waals surface area (Å²) in [5.74, 6) is -0.0955. The second-order valence-corrected chi connectivity index (χ2v) is 5.55. The van der Waals surface area contributed by atoms with E-state index in [9.17, 15) is 4.79 Å². The van der Waals surface area contributed by atoms with E-state index in [2.05, 4.69) is 10.3 Å².